The highest BCUT2D eigenvalue weighted by Crippen LogP contribution is 2.26. The Morgan fingerprint density at radius 3 is 2.77 bits per heavy atom. The molecule has 110 valence electrons. The Hall–Kier alpha value is -2.18. The van der Waals surface area contributed by atoms with Gasteiger partial charge in [0.1, 0.15) is 16.6 Å². The molecule has 0 spiro atoms. The minimum absolute atomic E-state index is 0.161. The van der Waals surface area contributed by atoms with Crippen molar-refractivity contribution < 1.29 is 13.6 Å². The predicted molar refractivity (Wildman–Crippen MR) is 85.1 cm³/mol. The standard InChI is InChI=1S/C16H9F2NOS2/c17-11-1-3-13(14(18)7-11)15(20)4-2-12-9-22-16(19-12)10-5-6-21-8-10/h1-9H. The van der Waals surface area contributed by atoms with E-state index in [-0.39, 0.29) is 5.56 Å². The minimum Gasteiger partial charge on any atom is -0.289 e. The Morgan fingerprint density at radius 2 is 2.05 bits per heavy atom. The molecule has 1 aromatic carbocycles. The molecule has 0 amide bonds. The Kier molecular flexibility index (Phi) is 4.22. The summed E-state index contributed by atoms with van der Waals surface area (Å²) in [5, 5.41) is 6.64. The van der Waals surface area contributed by atoms with E-state index in [0.717, 1.165) is 22.7 Å². The number of carbonyl (C=O) groups excluding carboxylic acids is 1. The van der Waals surface area contributed by atoms with Crippen LogP contribution < -0.4 is 0 Å². The third kappa shape index (κ3) is 3.18. The fourth-order valence-corrected chi connectivity index (χ4v) is 3.32. The summed E-state index contributed by atoms with van der Waals surface area (Å²) in [5.74, 6) is -2.10. The summed E-state index contributed by atoms with van der Waals surface area (Å²) in [4.78, 5) is 16.3. The van der Waals surface area contributed by atoms with E-state index < -0.39 is 17.4 Å². The molecule has 3 rings (SSSR count). The lowest BCUT2D eigenvalue weighted by Crippen LogP contribution is -1.99. The van der Waals surface area contributed by atoms with Gasteiger partial charge < -0.3 is 0 Å². The van der Waals surface area contributed by atoms with Gasteiger partial charge in [0.2, 0.25) is 0 Å². The molecular formula is C16H9F2NOS2. The molecule has 22 heavy (non-hydrogen) atoms. The number of aromatic nitrogens is 1. The first-order valence-corrected chi connectivity index (χ1v) is 8.11. The van der Waals surface area contributed by atoms with Gasteiger partial charge in [-0.15, -0.1) is 11.3 Å². The second kappa shape index (κ2) is 6.29. The van der Waals surface area contributed by atoms with Gasteiger partial charge in [-0.3, -0.25) is 4.79 Å². The van der Waals surface area contributed by atoms with Crippen LogP contribution in [0.25, 0.3) is 16.6 Å². The first-order chi connectivity index (χ1) is 10.6. The molecule has 2 heterocycles. The lowest BCUT2D eigenvalue weighted by Gasteiger charge is -1.97. The molecule has 0 unspecified atom stereocenters. The number of thiazole rings is 1. The molecule has 6 heteroatoms. The van der Waals surface area contributed by atoms with Gasteiger partial charge in [0.15, 0.2) is 5.78 Å². The van der Waals surface area contributed by atoms with Crippen molar-refractivity contribution in [3.63, 3.8) is 0 Å². The minimum atomic E-state index is -0.869. The average Bonchev–Trinajstić information content (AvgIpc) is 3.16. The third-order valence-electron chi connectivity index (χ3n) is 2.89. The van der Waals surface area contributed by atoms with Crippen LogP contribution in [0.5, 0.6) is 0 Å². The van der Waals surface area contributed by atoms with Crippen LogP contribution in [0.15, 0.2) is 46.5 Å². The quantitative estimate of drug-likeness (QED) is 0.494. The molecule has 0 aliphatic heterocycles. The predicted octanol–water partition coefficient (Wildman–Crippen LogP) is 5.05. The molecule has 0 radical (unpaired) electrons. The maximum atomic E-state index is 13.5. The average molecular weight is 333 g/mol. The summed E-state index contributed by atoms with van der Waals surface area (Å²) >= 11 is 3.05. The Balaban J connectivity index is 1.78. The van der Waals surface area contributed by atoms with E-state index >= 15 is 0 Å². The molecule has 0 bridgehead atoms. The number of hydrogen-bond donors (Lipinski definition) is 0. The van der Waals surface area contributed by atoms with E-state index in [1.165, 1.54) is 23.5 Å². The zero-order chi connectivity index (χ0) is 15.5. The Morgan fingerprint density at radius 1 is 1.18 bits per heavy atom. The molecule has 0 fully saturated rings. The fraction of sp³-hybridized carbons (Fsp3) is 0. The van der Waals surface area contributed by atoms with E-state index in [1.807, 2.05) is 22.2 Å². The van der Waals surface area contributed by atoms with E-state index in [0.29, 0.717) is 11.8 Å². The smallest absolute Gasteiger partial charge is 0.188 e. The molecule has 0 aliphatic carbocycles. The van der Waals surface area contributed by atoms with Crippen molar-refractivity contribution in [2.45, 2.75) is 0 Å². The largest absolute Gasteiger partial charge is 0.289 e. The first-order valence-electron chi connectivity index (χ1n) is 6.29. The lowest BCUT2D eigenvalue weighted by molar-refractivity contribution is 0.104. The van der Waals surface area contributed by atoms with Crippen molar-refractivity contribution in [2.24, 2.45) is 0 Å². The number of benzene rings is 1. The highest BCUT2D eigenvalue weighted by Gasteiger charge is 2.10. The summed E-state index contributed by atoms with van der Waals surface area (Å²) in [5.41, 5.74) is 1.50. The number of nitrogens with zero attached hydrogens (tertiary/aromatic N) is 1. The summed E-state index contributed by atoms with van der Waals surface area (Å²) in [7, 11) is 0. The number of thiophene rings is 1. The number of allylic oxidation sites excluding steroid dienone is 1. The molecule has 2 nitrogen and oxygen atoms in total. The van der Waals surface area contributed by atoms with Crippen LogP contribution >= 0.6 is 22.7 Å². The Bertz CT molecular complexity index is 838. The molecular weight excluding hydrogens is 324 g/mol. The molecule has 3 aromatic rings. The van der Waals surface area contributed by atoms with Crippen molar-refractivity contribution >= 4 is 34.5 Å². The van der Waals surface area contributed by atoms with E-state index in [9.17, 15) is 13.6 Å². The molecule has 0 atom stereocenters. The highest BCUT2D eigenvalue weighted by molar-refractivity contribution is 7.14. The fourth-order valence-electron chi connectivity index (χ4n) is 1.82. The molecule has 2 aromatic heterocycles. The van der Waals surface area contributed by atoms with E-state index in [4.69, 9.17) is 0 Å². The normalized spacial score (nSPS) is 11.2. The molecule has 0 saturated heterocycles. The third-order valence-corrected chi connectivity index (χ3v) is 4.48. The van der Waals surface area contributed by atoms with Gasteiger partial charge >= 0.3 is 0 Å². The lowest BCUT2D eigenvalue weighted by atomic mass is 10.1. The zero-order valence-corrected chi connectivity index (χ0v) is 12.8. The number of hydrogen-bond acceptors (Lipinski definition) is 4. The van der Waals surface area contributed by atoms with Crippen LogP contribution in [-0.2, 0) is 0 Å². The summed E-state index contributed by atoms with van der Waals surface area (Å²) in [6.07, 6.45) is 2.76. The first kappa shape index (κ1) is 14.7. The highest BCUT2D eigenvalue weighted by atomic mass is 32.1. The zero-order valence-electron chi connectivity index (χ0n) is 11.1. The monoisotopic (exact) mass is 333 g/mol. The summed E-state index contributed by atoms with van der Waals surface area (Å²) < 4.78 is 26.3. The SMILES string of the molecule is O=C(C=Cc1csc(-c2ccsc2)n1)c1ccc(F)cc1F. The van der Waals surface area contributed by atoms with Crippen LogP contribution in [0.4, 0.5) is 8.78 Å². The van der Waals surface area contributed by atoms with Crippen molar-refractivity contribution in [1.82, 2.24) is 4.98 Å². The Labute approximate surface area is 133 Å². The van der Waals surface area contributed by atoms with Crippen molar-refractivity contribution in [1.29, 1.82) is 0 Å². The summed E-state index contributed by atoms with van der Waals surface area (Å²) in [6, 6.07) is 4.85. The van der Waals surface area contributed by atoms with Crippen LogP contribution in [0.3, 0.4) is 0 Å². The van der Waals surface area contributed by atoms with Gasteiger partial charge in [-0.1, -0.05) is 0 Å². The van der Waals surface area contributed by atoms with Crippen molar-refractivity contribution in [2.75, 3.05) is 0 Å². The number of halogens is 2. The van der Waals surface area contributed by atoms with Crippen LogP contribution in [-0.4, -0.2) is 10.8 Å². The second-order valence-electron chi connectivity index (χ2n) is 4.41. The second-order valence-corrected chi connectivity index (χ2v) is 6.05. The van der Waals surface area contributed by atoms with Crippen LogP contribution in [0, 0.1) is 11.6 Å². The van der Waals surface area contributed by atoms with Crippen LogP contribution in [0.1, 0.15) is 16.1 Å². The van der Waals surface area contributed by atoms with Crippen LogP contribution in [0.2, 0.25) is 0 Å². The number of carbonyl (C=O) groups is 1. The summed E-state index contributed by atoms with van der Waals surface area (Å²) in [6.45, 7) is 0. The van der Waals surface area contributed by atoms with Gasteiger partial charge in [-0.2, -0.15) is 11.3 Å². The van der Waals surface area contributed by atoms with E-state index in [2.05, 4.69) is 4.98 Å². The van der Waals surface area contributed by atoms with Crippen molar-refractivity contribution in [3.05, 3.63) is 69.4 Å². The van der Waals surface area contributed by atoms with Crippen molar-refractivity contribution in [3.8, 4) is 10.6 Å². The molecule has 0 N–H and O–H groups in total. The van der Waals surface area contributed by atoms with Gasteiger partial charge in [-0.05, 0) is 35.7 Å². The van der Waals surface area contributed by atoms with E-state index in [1.54, 1.807) is 11.3 Å². The number of rotatable bonds is 4. The topological polar surface area (TPSA) is 30.0 Å². The van der Waals surface area contributed by atoms with Gasteiger partial charge in [0.25, 0.3) is 0 Å². The van der Waals surface area contributed by atoms with Gasteiger partial charge in [-0.25, -0.2) is 13.8 Å². The van der Waals surface area contributed by atoms with Gasteiger partial charge in [0.05, 0.1) is 11.3 Å². The number of ketones is 1. The molecule has 0 saturated carbocycles. The maximum absolute atomic E-state index is 13.5. The van der Waals surface area contributed by atoms with Gasteiger partial charge in [0, 0.05) is 22.4 Å². The maximum Gasteiger partial charge on any atom is 0.188 e. The molecule has 0 aliphatic rings.